The number of rotatable bonds is 7. The first kappa shape index (κ1) is 20.3. The molecule has 0 aromatic heterocycles. The highest BCUT2D eigenvalue weighted by Crippen LogP contribution is 2.59. The number of carboxylic acid groups (broad SMARTS) is 1. The molecule has 4 nitrogen and oxygen atoms in total. The maximum absolute atomic E-state index is 13.2. The van der Waals surface area contributed by atoms with Crippen molar-refractivity contribution in [1.29, 1.82) is 0 Å². The number of hydrogen-bond acceptors (Lipinski definition) is 3. The molecule has 0 bridgehead atoms. The predicted molar refractivity (Wildman–Crippen MR) is 98.2 cm³/mol. The Morgan fingerprint density at radius 2 is 1.40 bits per heavy atom. The Balaban J connectivity index is 2.54. The SMILES string of the molecule is CCOC(=O)C(C)(C1CCCCC1)C(CC)(C(=O)O)C1CCCCC1. The smallest absolute Gasteiger partial charge is 0.313 e. The van der Waals surface area contributed by atoms with Gasteiger partial charge in [-0.1, -0.05) is 45.4 Å². The van der Waals surface area contributed by atoms with E-state index in [4.69, 9.17) is 4.74 Å². The van der Waals surface area contributed by atoms with Gasteiger partial charge in [-0.25, -0.2) is 0 Å². The van der Waals surface area contributed by atoms with Crippen LogP contribution in [0.15, 0.2) is 0 Å². The minimum Gasteiger partial charge on any atom is -0.481 e. The third-order valence-electron chi connectivity index (χ3n) is 7.29. The molecule has 2 aliphatic carbocycles. The van der Waals surface area contributed by atoms with Crippen molar-refractivity contribution >= 4 is 11.9 Å². The number of carbonyl (C=O) groups excluding carboxylic acids is 1. The fourth-order valence-electron chi connectivity index (χ4n) is 5.90. The van der Waals surface area contributed by atoms with Gasteiger partial charge in [0.05, 0.1) is 17.4 Å². The van der Waals surface area contributed by atoms with Crippen LogP contribution >= 0.6 is 0 Å². The summed E-state index contributed by atoms with van der Waals surface area (Å²) in [5.74, 6) is -0.891. The monoisotopic (exact) mass is 352 g/mol. The maximum Gasteiger partial charge on any atom is 0.313 e. The molecular formula is C21H36O4. The molecule has 2 saturated carbocycles. The van der Waals surface area contributed by atoms with E-state index in [1.54, 1.807) is 0 Å². The lowest BCUT2D eigenvalue weighted by molar-refractivity contribution is -0.193. The van der Waals surface area contributed by atoms with Crippen LogP contribution in [0.1, 0.15) is 91.4 Å². The van der Waals surface area contributed by atoms with Crippen LogP contribution in [0, 0.1) is 22.7 Å². The van der Waals surface area contributed by atoms with Gasteiger partial charge in [0.1, 0.15) is 0 Å². The second-order valence-electron chi connectivity index (χ2n) is 8.22. The molecular weight excluding hydrogens is 316 g/mol. The molecule has 2 atom stereocenters. The fraction of sp³-hybridized carbons (Fsp3) is 0.905. The van der Waals surface area contributed by atoms with E-state index in [-0.39, 0.29) is 17.8 Å². The molecule has 2 fully saturated rings. The zero-order valence-corrected chi connectivity index (χ0v) is 16.3. The average molecular weight is 353 g/mol. The summed E-state index contributed by atoms with van der Waals surface area (Å²) in [6.45, 7) is 6.01. The van der Waals surface area contributed by atoms with Gasteiger partial charge >= 0.3 is 11.9 Å². The highest BCUT2D eigenvalue weighted by Gasteiger charge is 2.64. The zero-order valence-electron chi connectivity index (χ0n) is 16.3. The van der Waals surface area contributed by atoms with E-state index in [1.165, 1.54) is 12.8 Å². The van der Waals surface area contributed by atoms with Gasteiger partial charge in [0.25, 0.3) is 0 Å². The minimum atomic E-state index is -1.01. The molecule has 2 aliphatic rings. The Hall–Kier alpha value is -1.06. The first-order chi connectivity index (χ1) is 11.9. The van der Waals surface area contributed by atoms with Crippen LogP contribution in [0.5, 0.6) is 0 Å². The molecule has 2 rings (SSSR count). The summed E-state index contributed by atoms with van der Waals surface area (Å²) >= 11 is 0. The van der Waals surface area contributed by atoms with Crippen molar-refractivity contribution in [3.63, 3.8) is 0 Å². The Morgan fingerprint density at radius 1 is 0.920 bits per heavy atom. The number of hydrogen-bond donors (Lipinski definition) is 1. The van der Waals surface area contributed by atoms with Gasteiger partial charge in [0.2, 0.25) is 0 Å². The van der Waals surface area contributed by atoms with Gasteiger partial charge in [0, 0.05) is 0 Å². The molecule has 0 radical (unpaired) electrons. The number of ether oxygens (including phenoxy) is 1. The molecule has 25 heavy (non-hydrogen) atoms. The number of esters is 1. The molecule has 0 heterocycles. The van der Waals surface area contributed by atoms with Crippen LogP contribution in [-0.2, 0) is 14.3 Å². The van der Waals surface area contributed by atoms with Gasteiger partial charge in [0.15, 0.2) is 0 Å². The van der Waals surface area contributed by atoms with Crippen molar-refractivity contribution < 1.29 is 19.4 Å². The summed E-state index contributed by atoms with van der Waals surface area (Å²) in [5, 5.41) is 10.5. The van der Waals surface area contributed by atoms with Gasteiger partial charge in [-0.3, -0.25) is 9.59 Å². The minimum absolute atomic E-state index is 0.0695. The van der Waals surface area contributed by atoms with E-state index in [0.717, 1.165) is 51.4 Å². The molecule has 0 saturated heterocycles. The van der Waals surface area contributed by atoms with Crippen LogP contribution in [0.2, 0.25) is 0 Å². The van der Waals surface area contributed by atoms with Crippen molar-refractivity contribution in [1.82, 2.24) is 0 Å². The Kier molecular flexibility index (Phi) is 6.93. The highest BCUT2D eigenvalue weighted by atomic mass is 16.5. The second kappa shape index (κ2) is 8.55. The molecule has 4 heteroatoms. The Bertz CT molecular complexity index is 463. The summed E-state index contributed by atoms with van der Waals surface area (Å²) in [5.41, 5.74) is -1.95. The topological polar surface area (TPSA) is 63.6 Å². The van der Waals surface area contributed by atoms with Gasteiger partial charge in [-0.05, 0) is 57.8 Å². The van der Waals surface area contributed by atoms with Crippen molar-refractivity contribution in [2.75, 3.05) is 6.61 Å². The van der Waals surface area contributed by atoms with Crippen molar-refractivity contribution in [2.45, 2.75) is 91.4 Å². The van der Waals surface area contributed by atoms with Crippen LogP contribution in [0.25, 0.3) is 0 Å². The highest BCUT2D eigenvalue weighted by molar-refractivity contribution is 5.88. The molecule has 0 aliphatic heterocycles. The Labute approximate surface area is 152 Å². The number of aliphatic carboxylic acids is 1. The van der Waals surface area contributed by atoms with E-state index in [9.17, 15) is 14.7 Å². The summed E-state index contributed by atoms with van der Waals surface area (Å²) in [6, 6.07) is 0. The standard InChI is InChI=1S/C21H36O4/c1-4-21(18(22)23,17-14-10-7-11-15-17)20(3,19(24)25-5-2)16-12-8-6-9-13-16/h16-17H,4-15H2,1-3H3,(H,22,23). The van der Waals surface area contributed by atoms with E-state index < -0.39 is 16.8 Å². The average Bonchev–Trinajstić information content (AvgIpc) is 2.64. The summed E-state index contributed by atoms with van der Waals surface area (Å²) in [4.78, 5) is 26.0. The van der Waals surface area contributed by atoms with Crippen molar-refractivity contribution in [3.8, 4) is 0 Å². The lowest BCUT2D eigenvalue weighted by Gasteiger charge is -2.53. The van der Waals surface area contributed by atoms with Crippen LogP contribution in [0.4, 0.5) is 0 Å². The maximum atomic E-state index is 13.2. The zero-order chi connectivity index (χ0) is 18.5. The van der Waals surface area contributed by atoms with E-state index in [0.29, 0.717) is 13.0 Å². The predicted octanol–water partition coefficient (Wildman–Crippen LogP) is 5.20. The van der Waals surface area contributed by atoms with E-state index >= 15 is 0 Å². The molecule has 0 amide bonds. The van der Waals surface area contributed by atoms with E-state index in [2.05, 4.69) is 0 Å². The Morgan fingerprint density at radius 3 is 1.80 bits per heavy atom. The molecule has 0 aromatic rings. The first-order valence-corrected chi connectivity index (χ1v) is 10.4. The van der Waals surface area contributed by atoms with Crippen LogP contribution < -0.4 is 0 Å². The van der Waals surface area contributed by atoms with Crippen LogP contribution in [-0.4, -0.2) is 23.7 Å². The molecule has 2 unspecified atom stereocenters. The molecule has 0 spiro atoms. The molecule has 1 N–H and O–H groups in total. The summed E-state index contributed by atoms with van der Waals surface area (Å²) < 4.78 is 5.51. The lowest BCUT2D eigenvalue weighted by Crippen LogP contribution is -2.59. The molecule has 144 valence electrons. The van der Waals surface area contributed by atoms with Crippen LogP contribution in [0.3, 0.4) is 0 Å². The van der Waals surface area contributed by atoms with Gasteiger partial charge < -0.3 is 9.84 Å². The normalized spacial score (nSPS) is 24.9. The second-order valence-corrected chi connectivity index (χ2v) is 8.22. The van der Waals surface area contributed by atoms with Crippen molar-refractivity contribution in [2.24, 2.45) is 22.7 Å². The first-order valence-electron chi connectivity index (χ1n) is 10.4. The van der Waals surface area contributed by atoms with Gasteiger partial charge in [-0.15, -0.1) is 0 Å². The molecule has 0 aromatic carbocycles. The van der Waals surface area contributed by atoms with Gasteiger partial charge in [-0.2, -0.15) is 0 Å². The third kappa shape index (κ3) is 3.46. The quantitative estimate of drug-likeness (QED) is 0.640. The fourth-order valence-corrected chi connectivity index (χ4v) is 5.90. The lowest BCUT2D eigenvalue weighted by atomic mass is 9.48. The summed E-state index contributed by atoms with van der Waals surface area (Å²) in [6.07, 6.45) is 10.9. The number of carbonyl (C=O) groups is 2. The number of carboxylic acids is 1. The van der Waals surface area contributed by atoms with Crippen molar-refractivity contribution in [3.05, 3.63) is 0 Å². The summed E-state index contributed by atoms with van der Waals surface area (Å²) in [7, 11) is 0. The third-order valence-corrected chi connectivity index (χ3v) is 7.29. The van der Waals surface area contributed by atoms with E-state index in [1.807, 2.05) is 20.8 Å². The largest absolute Gasteiger partial charge is 0.481 e.